The molecule has 82 valence electrons. The maximum absolute atomic E-state index is 12.0. The summed E-state index contributed by atoms with van der Waals surface area (Å²) >= 11 is 3.29. The first kappa shape index (κ1) is 11.2. The Kier molecular flexibility index (Phi) is 3.88. The monoisotopic (exact) mass is 288 g/mol. The van der Waals surface area contributed by atoms with Crippen LogP contribution in [0.5, 0.6) is 0 Å². The third-order valence-electron chi connectivity index (χ3n) is 2.47. The lowest BCUT2D eigenvalue weighted by atomic mass is 10.2. The molecule has 1 fully saturated rings. The second-order valence-electron chi connectivity index (χ2n) is 3.67. The van der Waals surface area contributed by atoms with Crippen molar-refractivity contribution < 1.29 is 4.21 Å². The maximum atomic E-state index is 12.0. The molecule has 5 heteroatoms. The van der Waals surface area contributed by atoms with Crippen LogP contribution in [0.4, 0.5) is 0 Å². The van der Waals surface area contributed by atoms with Crippen LogP contribution < -0.4 is 5.32 Å². The molecule has 1 aliphatic rings. The van der Waals surface area contributed by atoms with Gasteiger partial charge in [-0.1, -0.05) is 6.07 Å². The van der Waals surface area contributed by atoms with Crippen molar-refractivity contribution in [2.45, 2.75) is 11.4 Å². The van der Waals surface area contributed by atoms with Crippen LogP contribution in [0, 0.1) is 5.92 Å². The highest BCUT2D eigenvalue weighted by atomic mass is 79.9. The van der Waals surface area contributed by atoms with E-state index in [1.54, 1.807) is 0 Å². The van der Waals surface area contributed by atoms with Gasteiger partial charge in [0.25, 0.3) is 0 Å². The zero-order valence-corrected chi connectivity index (χ0v) is 10.7. The van der Waals surface area contributed by atoms with Crippen LogP contribution in [0.25, 0.3) is 0 Å². The van der Waals surface area contributed by atoms with E-state index in [-0.39, 0.29) is 0 Å². The van der Waals surface area contributed by atoms with Gasteiger partial charge in [-0.25, -0.2) is 4.98 Å². The van der Waals surface area contributed by atoms with E-state index in [4.69, 9.17) is 0 Å². The second-order valence-corrected chi connectivity index (χ2v) is 5.92. The fraction of sp³-hybridized carbons (Fsp3) is 0.500. The van der Waals surface area contributed by atoms with Gasteiger partial charge in [0, 0.05) is 5.75 Å². The van der Waals surface area contributed by atoms with E-state index in [0.717, 1.165) is 29.9 Å². The number of nitrogens with one attached hydrogen (secondary N) is 1. The molecule has 1 aromatic heterocycles. The van der Waals surface area contributed by atoms with E-state index in [2.05, 4.69) is 26.2 Å². The fourth-order valence-corrected chi connectivity index (χ4v) is 3.45. The van der Waals surface area contributed by atoms with Gasteiger partial charge in [-0.3, -0.25) is 4.21 Å². The Morgan fingerprint density at radius 1 is 1.60 bits per heavy atom. The summed E-state index contributed by atoms with van der Waals surface area (Å²) in [6, 6.07) is 5.54. The molecule has 0 aromatic carbocycles. The Labute approximate surface area is 100 Å². The molecule has 0 aliphatic carbocycles. The van der Waals surface area contributed by atoms with Gasteiger partial charge < -0.3 is 5.32 Å². The molecule has 2 atom stereocenters. The predicted molar refractivity (Wildman–Crippen MR) is 64.2 cm³/mol. The molecule has 3 nitrogen and oxygen atoms in total. The van der Waals surface area contributed by atoms with Gasteiger partial charge in [0.15, 0.2) is 0 Å². The van der Waals surface area contributed by atoms with Crippen molar-refractivity contribution in [2.75, 3.05) is 18.8 Å². The first-order chi connectivity index (χ1) is 7.25. The smallest absolute Gasteiger partial charge is 0.128 e. The summed E-state index contributed by atoms with van der Waals surface area (Å²) in [6.07, 6.45) is 1.12. The number of nitrogens with zero attached hydrogens (tertiary/aromatic N) is 1. The van der Waals surface area contributed by atoms with Crippen molar-refractivity contribution in [3.8, 4) is 0 Å². The van der Waals surface area contributed by atoms with E-state index in [0.29, 0.717) is 10.9 Å². The number of pyridine rings is 1. The average molecular weight is 289 g/mol. The van der Waals surface area contributed by atoms with Crippen LogP contribution in [-0.2, 0) is 10.8 Å². The van der Waals surface area contributed by atoms with Gasteiger partial charge in [0.2, 0.25) is 0 Å². The normalized spacial score (nSPS) is 22.9. The largest absolute Gasteiger partial charge is 0.316 e. The van der Waals surface area contributed by atoms with Crippen LogP contribution in [0.1, 0.15) is 6.42 Å². The molecule has 0 saturated carbocycles. The number of aromatic nitrogens is 1. The van der Waals surface area contributed by atoms with Gasteiger partial charge in [0.1, 0.15) is 9.63 Å². The topological polar surface area (TPSA) is 42.0 Å². The Balaban J connectivity index is 2.01. The highest BCUT2D eigenvalue weighted by Gasteiger charge is 2.18. The maximum Gasteiger partial charge on any atom is 0.128 e. The fourth-order valence-electron chi connectivity index (χ4n) is 1.67. The zero-order chi connectivity index (χ0) is 10.7. The second kappa shape index (κ2) is 5.18. The first-order valence-corrected chi connectivity index (χ1v) is 7.08. The van der Waals surface area contributed by atoms with Crippen LogP contribution in [0.3, 0.4) is 0 Å². The quantitative estimate of drug-likeness (QED) is 0.859. The van der Waals surface area contributed by atoms with E-state index in [1.807, 2.05) is 18.2 Å². The Hall–Kier alpha value is -0.260. The molecule has 1 aromatic rings. The summed E-state index contributed by atoms with van der Waals surface area (Å²) in [7, 11) is -0.965. The minimum atomic E-state index is -0.965. The number of hydrogen-bond acceptors (Lipinski definition) is 3. The van der Waals surface area contributed by atoms with Gasteiger partial charge in [-0.05, 0) is 53.5 Å². The predicted octanol–water partition coefficient (Wildman–Crippen LogP) is 1.56. The molecule has 0 radical (unpaired) electrons. The number of rotatable bonds is 3. The summed E-state index contributed by atoms with van der Waals surface area (Å²) in [5, 5.41) is 3.95. The minimum absolute atomic E-state index is 0.534. The van der Waals surface area contributed by atoms with Crippen molar-refractivity contribution in [1.82, 2.24) is 10.3 Å². The molecule has 2 rings (SSSR count). The van der Waals surface area contributed by atoms with Gasteiger partial charge in [-0.15, -0.1) is 0 Å². The van der Waals surface area contributed by atoms with Crippen LogP contribution >= 0.6 is 15.9 Å². The van der Waals surface area contributed by atoms with Crippen molar-refractivity contribution in [2.24, 2.45) is 5.92 Å². The summed E-state index contributed by atoms with van der Waals surface area (Å²) in [5.41, 5.74) is 0. The highest BCUT2D eigenvalue weighted by Crippen LogP contribution is 2.15. The van der Waals surface area contributed by atoms with Gasteiger partial charge >= 0.3 is 0 Å². The SMILES string of the molecule is O=[S@@](C[C@H]1CCNC1)c1cccc(Br)n1. The standard InChI is InChI=1S/C10H13BrN2OS/c11-9-2-1-3-10(13-9)15(14)7-8-4-5-12-6-8/h1-3,8,12H,4-7H2/t8-,15-/m0/s1. The average Bonchev–Trinajstić information content (AvgIpc) is 2.70. The summed E-state index contributed by atoms with van der Waals surface area (Å²) in [4.78, 5) is 4.21. The van der Waals surface area contributed by atoms with Crippen molar-refractivity contribution >= 4 is 26.7 Å². The lowest BCUT2D eigenvalue weighted by Gasteiger charge is -2.07. The van der Waals surface area contributed by atoms with E-state index in [1.165, 1.54) is 0 Å². The molecule has 2 heterocycles. The van der Waals surface area contributed by atoms with Gasteiger partial charge in [0.05, 0.1) is 10.8 Å². The van der Waals surface area contributed by atoms with Gasteiger partial charge in [-0.2, -0.15) is 0 Å². The summed E-state index contributed by atoms with van der Waals surface area (Å²) in [6.45, 7) is 2.04. The van der Waals surface area contributed by atoms with Crippen LogP contribution in [0.2, 0.25) is 0 Å². The number of hydrogen-bond donors (Lipinski definition) is 1. The summed E-state index contributed by atoms with van der Waals surface area (Å²) in [5.74, 6) is 1.25. The van der Waals surface area contributed by atoms with E-state index < -0.39 is 10.8 Å². The molecule has 15 heavy (non-hydrogen) atoms. The zero-order valence-electron chi connectivity index (χ0n) is 8.28. The molecule has 0 bridgehead atoms. The Morgan fingerprint density at radius 3 is 3.13 bits per heavy atom. The van der Waals surface area contributed by atoms with E-state index >= 15 is 0 Å². The minimum Gasteiger partial charge on any atom is -0.316 e. The third-order valence-corrected chi connectivity index (χ3v) is 4.38. The molecular weight excluding hydrogens is 276 g/mol. The Bertz CT molecular complexity index is 366. The van der Waals surface area contributed by atoms with Crippen LogP contribution in [0.15, 0.2) is 27.8 Å². The highest BCUT2D eigenvalue weighted by molar-refractivity contribution is 9.10. The molecule has 1 N–H and O–H groups in total. The molecule has 1 aliphatic heterocycles. The summed E-state index contributed by atoms with van der Waals surface area (Å²) < 4.78 is 12.7. The van der Waals surface area contributed by atoms with Crippen molar-refractivity contribution in [3.05, 3.63) is 22.8 Å². The van der Waals surface area contributed by atoms with Crippen molar-refractivity contribution in [1.29, 1.82) is 0 Å². The molecular formula is C10H13BrN2OS. The van der Waals surface area contributed by atoms with Crippen LogP contribution in [-0.4, -0.2) is 28.0 Å². The number of halogens is 1. The molecule has 1 saturated heterocycles. The third kappa shape index (κ3) is 3.09. The Morgan fingerprint density at radius 2 is 2.47 bits per heavy atom. The molecule has 0 unspecified atom stereocenters. The molecule has 0 spiro atoms. The lowest BCUT2D eigenvalue weighted by molar-refractivity contribution is 0.631. The first-order valence-electron chi connectivity index (χ1n) is 4.97. The lowest BCUT2D eigenvalue weighted by Crippen LogP contribution is -2.15. The molecule has 0 amide bonds. The van der Waals surface area contributed by atoms with E-state index in [9.17, 15) is 4.21 Å². The van der Waals surface area contributed by atoms with Crippen molar-refractivity contribution in [3.63, 3.8) is 0 Å².